The monoisotopic (exact) mass is 365 g/mol. The fourth-order valence-electron chi connectivity index (χ4n) is 3.54. The number of likely N-dealkylation sites (tertiary alicyclic amines) is 1. The average molecular weight is 365 g/mol. The number of para-hydroxylation sites is 1. The van der Waals surface area contributed by atoms with Crippen LogP contribution in [0.4, 0.5) is 10.5 Å². The standard InChI is InChI=1S/C22H27N3O2/c1-16-8-6-7-11-20(16)17(2)23-22(27)25-14-12-18(13-15-25)21(26)24-19-9-4-3-5-10-19/h3-11,17-18H,12-15H2,1-2H3,(H,23,27)(H,24,26). The number of anilines is 1. The Labute approximate surface area is 160 Å². The molecule has 0 radical (unpaired) electrons. The molecule has 3 amide bonds. The number of benzene rings is 2. The van der Waals surface area contributed by atoms with E-state index in [0.29, 0.717) is 25.9 Å². The van der Waals surface area contributed by atoms with E-state index in [1.54, 1.807) is 4.90 Å². The van der Waals surface area contributed by atoms with E-state index >= 15 is 0 Å². The van der Waals surface area contributed by atoms with Crippen molar-refractivity contribution in [3.05, 3.63) is 65.7 Å². The molecule has 5 heteroatoms. The zero-order valence-electron chi connectivity index (χ0n) is 15.9. The van der Waals surface area contributed by atoms with Crippen molar-refractivity contribution in [2.75, 3.05) is 18.4 Å². The van der Waals surface area contributed by atoms with Crippen molar-refractivity contribution in [3.63, 3.8) is 0 Å². The fourth-order valence-corrected chi connectivity index (χ4v) is 3.54. The highest BCUT2D eigenvalue weighted by Gasteiger charge is 2.28. The van der Waals surface area contributed by atoms with E-state index in [2.05, 4.69) is 23.6 Å². The van der Waals surface area contributed by atoms with Crippen LogP contribution in [0, 0.1) is 12.8 Å². The van der Waals surface area contributed by atoms with E-state index in [-0.39, 0.29) is 23.9 Å². The van der Waals surface area contributed by atoms with Gasteiger partial charge in [-0.1, -0.05) is 42.5 Å². The normalized spacial score (nSPS) is 15.9. The Morgan fingerprint density at radius 3 is 2.30 bits per heavy atom. The van der Waals surface area contributed by atoms with Crippen LogP contribution in [0.25, 0.3) is 0 Å². The second-order valence-corrected chi connectivity index (χ2v) is 7.14. The number of hydrogen-bond acceptors (Lipinski definition) is 2. The third-order valence-corrected chi connectivity index (χ3v) is 5.19. The zero-order chi connectivity index (χ0) is 19.2. The number of piperidine rings is 1. The molecule has 2 N–H and O–H groups in total. The summed E-state index contributed by atoms with van der Waals surface area (Å²) in [4.78, 5) is 26.8. The number of nitrogens with zero attached hydrogens (tertiary/aromatic N) is 1. The van der Waals surface area contributed by atoms with Crippen LogP contribution in [-0.4, -0.2) is 29.9 Å². The molecule has 1 unspecified atom stereocenters. The van der Waals surface area contributed by atoms with Crippen LogP contribution in [0.2, 0.25) is 0 Å². The van der Waals surface area contributed by atoms with Crippen LogP contribution in [0.3, 0.4) is 0 Å². The second-order valence-electron chi connectivity index (χ2n) is 7.14. The molecule has 1 saturated heterocycles. The summed E-state index contributed by atoms with van der Waals surface area (Å²) in [5, 5.41) is 6.03. The number of nitrogens with one attached hydrogen (secondary N) is 2. The molecule has 1 aliphatic rings. The Hall–Kier alpha value is -2.82. The van der Waals surface area contributed by atoms with Crippen LogP contribution < -0.4 is 10.6 Å². The third-order valence-electron chi connectivity index (χ3n) is 5.19. The van der Waals surface area contributed by atoms with Crippen molar-refractivity contribution >= 4 is 17.6 Å². The maximum atomic E-state index is 12.6. The van der Waals surface area contributed by atoms with Gasteiger partial charge in [0.1, 0.15) is 0 Å². The van der Waals surface area contributed by atoms with E-state index in [9.17, 15) is 9.59 Å². The van der Waals surface area contributed by atoms with Crippen molar-refractivity contribution in [1.29, 1.82) is 0 Å². The van der Waals surface area contributed by atoms with Gasteiger partial charge in [-0.25, -0.2) is 4.79 Å². The van der Waals surface area contributed by atoms with Crippen LogP contribution in [-0.2, 0) is 4.79 Å². The maximum Gasteiger partial charge on any atom is 0.317 e. The smallest absolute Gasteiger partial charge is 0.317 e. The lowest BCUT2D eigenvalue weighted by Crippen LogP contribution is -2.46. The average Bonchev–Trinajstić information content (AvgIpc) is 2.69. The fraction of sp³-hybridized carbons (Fsp3) is 0.364. The van der Waals surface area contributed by atoms with E-state index in [1.165, 1.54) is 5.56 Å². The topological polar surface area (TPSA) is 61.4 Å². The van der Waals surface area contributed by atoms with E-state index in [0.717, 1.165) is 11.3 Å². The van der Waals surface area contributed by atoms with Gasteiger partial charge in [0.15, 0.2) is 0 Å². The summed E-state index contributed by atoms with van der Waals surface area (Å²) in [5.41, 5.74) is 3.11. The van der Waals surface area contributed by atoms with Gasteiger partial charge in [-0.15, -0.1) is 0 Å². The number of amides is 3. The van der Waals surface area contributed by atoms with Crippen molar-refractivity contribution in [2.24, 2.45) is 5.92 Å². The summed E-state index contributed by atoms with van der Waals surface area (Å²) >= 11 is 0. The zero-order valence-corrected chi connectivity index (χ0v) is 15.9. The van der Waals surface area contributed by atoms with Gasteiger partial charge in [-0.2, -0.15) is 0 Å². The predicted molar refractivity (Wildman–Crippen MR) is 107 cm³/mol. The van der Waals surface area contributed by atoms with Gasteiger partial charge in [-0.05, 0) is 49.9 Å². The van der Waals surface area contributed by atoms with Crippen LogP contribution in [0.5, 0.6) is 0 Å². The van der Waals surface area contributed by atoms with Gasteiger partial charge >= 0.3 is 6.03 Å². The van der Waals surface area contributed by atoms with Crippen LogP contribution in [0.1, 0.15) is 36.9 Å². The summed E-state index contributed by atoms with van der Waals surface area (Å²) in [6.45, 7) is 5.24. The first kappa shape index (κ1) is 19.0. The Balaban J connectivity index is 1.49. The summed E-state index contributed by atoms with van der Waals surface area (Å²) < 4.78 is 0. The second kappa shape index (κ2) is 8.71. The molecule has 2 aromatic rings. The van der Waals surface area contributed by atoms with Gasteiger partial charge in [0.2, 0.25) is 5.91 Å². The number of carbonyl (C=O) groups excluding carboxylic acids is 2. The molecule has 5 nitrogen and oxygen atoms in total. The minimum Gasteiger partial charge on any atom is -0.331 e. The van der Waals surface area contributed by atoms with Gasteiger partial charge in [0, 0.05) is 24.7 Å². The Morgan fingerprint density at radius 1 is 1.00 bits per heavy atom. The molecule has 27 heavy (non-hydrogen) atoms. The SMILES string of the molecule is Cc1ccccc1C(C)NC(=O)N1CCC(C(=O)Nc2ccccc2)CC1. The Bertz CT molecular complexity index is 783. The molecule has 142 valence electrons. The molecule has 0 aliphatic carbocycles. The van der Waals surface area contributed by atoms with Crippen molar-refractivity contribution < 1.29 is 9.59 Å². The Kier molecular flexibility index (Phi) is 6.12. The third kappa shape index (κ3) is 4.88. The summed E-state index contributed by atoms with van der Waals surface area (Å²) in [5.74, 6) is -0.0161. The quantitative estimate of drug-likeness (QED) is 0.856. The molecule has 1 heterocycles. The number of hydrogen-bond donors (Lipinski definition) is 2. The highest BCUT2D eigenvalue weighted by atomic mass is 16.2. The van der Waals surface area contributed by atoms with Gasteiger partial charge in [0.05, 0.1) is 6.04 Å². The van der Waals surface area contributed by atoms with Gasteiger partial charge in [-0.3, -0.25) is 4.79 Å². The maximum absolute atomic E-state index is 12.6. The Morgan fingerprint density at radius 2 is 1.63 bits per heavy atom. The van der Waals surface area contributed by atoms with Crippen LogP contribution in [0.15, 0.2) is 54.6 Å². The molecule has 0 bridgehead atoms. The predicted octanol–water partition coefficient (Wildman–Crippen LogP) is 4.12. The molecule has 0 aromatic heterocycles. The first-order chi connectivity index (χ1) is 13.0. The number of aryl methyl sites for hydroxylation is 1. The molecular formula is C22H27N3O2. The summed E-state index contributed by atoms with van der Waals surface area (Å²) in [7, 11) is 0. The molecular weight excluding hydrogens is 338 g/mol. The van der Waals surface area contributed by atoms with Crippen molar-refractivity contribution in [2.45, 2.75) is 32.7 Å². The molecule has 0 saturated carbocycles. The van der Waals surface area contributed by atoms with Crippen molar-refractivity contribution in [3.8, 4) is 0 Å². The van der Waals surface area contributed by atoms with E-state index in [4.69, 9.17) is 0 Å². The van der Waals surface area contributed by atoms with Crippen LogP contribution >= 0.6 is 0 Å². The van der Waals surface area contributed by atoms with E-state index < -0.39 is 0 Å². The lowest BCUT2D eigenvalue weighted by atomic mass is 9.96. The molecule has 2 aromatic carbocycles. The van der Waals surface area contributed by atoms with Crippen molar-refractivity contribution in [1.82, 2.24) is 10.2 Å². The molecule has 1 fully saturated rings. The highest BCUT2D eigenvalue weighted by Crippen LogP contribution is 2.21. The molecule has 3 rings (SSSR count). The minimum atomic E-state index is -0.0623. The summed E-state index contributed by atoms with van der Waals surface area (Å²) in [6, 6.07) is 17.5. The first-order valence-electron chi connectivity index (χ1n) is 9.51. The highest BCUT2D eigenvalue weighted by molar-refractivity contribution is 5.92. The number of carbonyl (C=O) groups is 2. The first-order valence-corrected chi connectivity index (χ1v) is 9.51. The number of rotatable bonds is 4. The summed E-state index contributed by atoms with van der Waals surface area (Å²) in [6.07, 6.45) is 1.37. The van der Waals surface area contributed by atoms with E-state index in [1.807, 2.05) is 55.5 Å². The largest absolute Gasteiger partial charge is 0.331 e. The molecule has 1 aliphatic heterocycles. The lowest BCUT2D eigenvalue weighted by molar-refractivity contribution is -0.121. The van der Waals surface area contributed by atoms with Gasteiger partial charge < -0.3 is 15.5 Å². The molecule has 0 spiro atoms. The van der Waals surface area contributed by atoms with Gasteiger partial charge in [0.25, 0.3) is 0 Å². The number of urea groups is 1. The lowest BCUT2D eigenvalue weighted by Gasteiger charge is -2.32. The molecule has 1 atom stereocenters. The minimum absolute atomic E-state index is 0.0366.